The molecule has 1 aliphatic heterocycles. The highest BCUT2D eigenvalue weighted by atomic mass is 16.7. The van der Waals surface area contributed by atoms with Gasteiger partial charge in [0.15, 0.2) is 12.4 Å². The summed E-state index contributed by atoms with van der Waals surface area (Å²) in [5.41, 5.74) is 0. The highest BCUT2D eigenvalue weighted by Crippen LogP contribution is 2.22. The van der Waals surface area contributed by atoms with Crippen LogP contribution in [-0.4, -0.2) is 89.0 Å². The van der Waals surface area contributed by atoms with Crippen molar-refractivity contribution in [2.24, 2.45) is 0 Å². The van der Waals surface area contributed by atoms with Crippen LogP contribution in [0.5, 0.6) is 0 Å². The van der Waals surface area contributed by atoms with E-state index in [0.29, 0.717) is 12.8 Å². The molecule has 10 nitrogen and oxygen atoms in total. The van der Waals surface area contributed by atoms with Crippen molar-refractivity contribution in [3.05, 3.63) is 60.8 Å². The van der Waals surface area contributed by atoms with Crippen molar-refractivity contribution < 1.29 is 49.0 Å². The Morgan fingerprint density at radius 1 is 0.517 bits per heavy atom. The maximum absolute atomic E-state index is 12.8. The smallest absolute Gasteiger partial charge is 0.306 e. The lowest BCUT2D eigenvalue weighted by Gasteiger charge is -2.39. The molecule has 1 aliphatic rings. The first kappa shape index (κ1) is 55.4. The van der Waals surface area contributed by atoms with Gasteiger partial charge in [-0.1, -0.05) is 158 Å². The van der Waals surface area contributed by atoms with Gasteiger partial charge in [-0.05, 0) is 77.0 Å². The third kappa shape index (κ3) is 31.3. The molecule has 60 heavy (non-hydrogen) atoms. The van der Waals surface area contributed by atoms with E-state index in [9.17, 15) is 30.0 Å². The fourth-order valence-electron chi connectivity index (χ4n) is 6.82. The number of aliphatic hydroxyl groups excluding tert-OH is 4. The second-order valence-corrected chi connectivity index (χ2v) is 16.2. The van der Waals surface area contributed by atoms with E-state index in [1.54, 1.807) is 0 Å². The third-order valence-corrected chi connectivity index (χ3v) is 10.6. The SMILES string of the molecule is CCCCCCC/C=C/CCCCCCCC(=O)O[C@@H](COC(=O)CCC/C=C/C/C=C/C/C=C/C/C=C/CCCCCCCCC)CO[C@H]1O[C@@H](CO)[C@@H](O)C(O)C1O. The lowest BCUT2D eigenvalue weighted by molar-refractivity contribution is -0.305. The molecule has 346 valence electrons. The molecule has 0 amide bonds. The summed E-state index contributed by atoms with van der Waals surface area (Å²) in [6, 6.07) is 0. The topological polar surface area (TPSA) is 152 Å². The molecule has 0 spiro atoms. The summed E-state index contributed by atoms with van der Waals surface area (Å²) in [5.74, 6) is -0.884. The first-order chi connectivity index (χ1) is 29.3. The lowest BCUT2D eigenvalue weighted by atomic mass is 9.99. The molecule has 0 bridgehead atoms. The van der Waals surface area contributed by atoms with Crippen LogP contribution in [0.2, 0.25) is 0 Å². The molecule has 0 aromatic rings. The molecule has 0 saturated carbocycles. The minimum Gasteiger partial charge on any atom is -0.462 e. The number of carbonyl (C=O) groups excluding carboxylic acids is 2. The minimum atomic E-state index is -1.61. The number of carbonyl (C=O) groups is 2. The van der Waals surface area contributed by atoms with E-state index in [1.165, 1.54) is 83.5 Å². The van der Waals surface area contributed by atoms with Crippen molar-refractivity contribution >= 4 is 11.9 Å². The highest BCUT2D eigenvalue weighted by molar-refractivity contribution is 5.70. The van der Waals surface area contributed by atoms with Gasteiger partial charge in [-0.25, -0.2) is 0 Å². The average Bonchev–Trinajstić information content (AvgIpc) is 3.25. The van der Waals surface area contributed by atoms with Gasteiger partial charge in [0, 0.05) is 12.8 Å². The van der Waals surface area contributed by atoms with Gasteiger partial charge in [-0.2, -0.15) is 0 Å². The fourth-order valence-corrected chi connectivity index (χ4v) is 6.82. The molecule has 0 aromatic heterocycles. The predicted molar refractivity (Wildman–Crippen MR) is 242 cm³/mol. The third-order valence-electron chi connectivity index (χ3n) is 10.6. The molecule has 0 aliphatic carbocycles. The van der Waals surface area contributed by atoms with Crippen LogP contribution >= 0.6 is 0 Å². The summed E-state index contributed by atoms with van der Waals surface area (Å²) >= 11 is 0. The molecular weight excluding hydrogens is 761 g/mol. The van der Waals surface area contributed by atoms with Crippen molar-refractivity contribution in [1.29, 1.82) is 0 Å². The molecule has 0 aromatic carbocycles. The maximum atomic E-state index is 12.8. The Labute approximate surface area is 364 Å². The van der Waals surface area contributed by atoms with E-state index in [-0.39, 0.29) is 26.1 Å². The molecule has 1 fully saturated rings. The van der Waals surface area contributed by atoms with Gasteiger partial charge >= 0.3 is 11.9 Å². The number of aliphatic hydroxyl groups is 4. The summed E-state index contributed by atoms with van der Waals surface area (Å²) in [4.78, 5) is 25.3. The Balaban J connectivity index is 2.35. The van der Waals surface area contributed by atoms with Crippen LogP contribution in [0.4, 0.5) is 0 Å². The lowest BCUT2D eigenvalue weighted by Crippen LogP contribution is -2.59. The number of allylic oxidation sites excluding steroid dienone is 10. The van der Waals surface area contributed by atoms with Crippen LogP contribution in [0.3, 0.4) is 0 Å². The molecule has 0 radical (unpaired) electrons. The van der Waals surface area contributed by atoms with E-state index in [2.05, 4.69) is 74.6 Å². The van der Waals surface area contributed by atoms with Gasteiger partial charge in [-0.3, -0.25) is 9.59 Å². The summed E-state index contributed by atoms with van der Waals surface area (Å²) < 4.78 is 22.1. The van der Waals surface area contributed by atoms with Crippen LogP contribution < -0.4 is 0 Å². The zero-order chi connectivity index (χ0) is 43.7. The Hall–Kier alpha value is -2.60. The first-order valence-electron chi connectivity index (χ1n) is 23.9. The summed E-state index contributed by atoms with van der Waals surface area (Å²) in [6.45, 7) is 3.34. The largest absolute Gasteiger partial charge is 0.462 e. The molecule has 6 atom stereocenters. The number of rotatable bonds is 39. The van der Waals surface area contributed by atoms with E-state index >= 15 is 0 Å². The first-order valence-corrected chi connectivity index (χ1v) is 23.9. The second kappa shape index (κ2) is 40.5. The van der Waals surface area contributed by atoms with Crippen molar-refractivity contribution in [2.45, 2.75) is 224 Å². The number of hydrogen-bond acceptors (Lipinski definition) is 10. The fraction of sp³-hybridized carbons (Fsp3) is 0.760. The summed E-state index contributed by atoms with van der Waals surface area (Å²) in [6.07, 6.45) is 42.3. The van der Waals surface area contributed by atoms with Gasteiger partial charge in [0.2, 0.25) is 0 Å². The van der Waals surface area contributed by atoms with Crippen molar-refractivity contribution in [2.75, 3.05) is 19.8 Å². The van der Waals surface area contributed by atoms with Gasteiger partial charge in [-0.15, -0.1) is 0 Å². The molecule has 4 N–H and O–H groups in total. The van der Waals surface area contributed by atoms with E-state index in [4.69, 9.17) is 18.9 Å². The minimum absolute atomic E-state index is 0.196. The Kier molecular flexibility index (Phi) is 37.4. The average molecular weight is 847 g/mol. The predicted octanol–water partition coefficient (Wildman–Crippen LogP) is 10.6. The Morgan fingerprint density at radius 2 is 0.950 bits per heavy atom. The van der Waals surface area contributed by atoms with Crippen molar-refractivity contribution in [3.63, 3.8) is 0 Å². The van der Waals surface area contributed by atoms with E-state index in [1.807, 2.05) is 0 Å². The maximum Gasteiger partial charge on any atom is 0.306 e. The summed E-state index contributed by atoms with van der Waals surface area (Å²) in [7, 11) is 0. The molecule has 1 heterocycles. The Bertz CT molecular complexity index is 1160. The molecule has 10 heteroatoms. The number of unbranched alkanes of at least 4 members (excludes halogenated alkanes) is 18. The van der Waals surface area contributed by atoms with Crippen LogP contribution in [-0.2, 0) is 28.5 Å². The van der Waals surface area contributed by atoms with Gasteiger partial charge in [0.1, 0.15) is 31.0 Å². The molecule has 2 unspecified atom stereocenters. The van der Waals surface area contributed by atoms with Gasteiger partial charge in [0.05, 0.1) is 13.2 Å². The van der Waals surface area contributed by atoms with E-state index < -0.39 is 55.4 Å². The van der Waals surface area contributed by atoms with Crippen molar-refractivity contribution in [1.82, 2.24) is 0 Å². The quantitative estimate of drug-likeness (QED) is 0.0267. The van der Waals surface area contributed by atoms with Crippen LogP contribution in [0, 0.1) is 0 Å². The Morgan fingerprint density at radius 3 is 1.47 bits per heavy atom. The van der Waals surface area contributed by atoms with Crippen molar-refractivity contribution in [3.8, 4) is 0 Å². The van der Waals surface area contributed by atoms with Crippen LogP contribution in [0.1, 0.15) is 187 Å². The van der Waals surface area contributed by atoms with Crippen LogP contribution in [0.25, 0.3) is 0 Å². The molecular formula is C50H86O10. The van der Waals surface area contributed by atoms with Gasteiger partial charge < -0.3 is 39.4 Å². The standard InChI is InChI=1S/C50H86O10/c1-3-5-7-9-11-13-15-17-19-20-21-22-23-24-25-27-28-30-32-34-36-38-45(52)57-41-43(42-58-50-49(56)48(55)47(54)44(40-51)60-50)59-46(53)39-37-35-33-31-29-26-18-16-14-12-10-8-6-4-2/h16,18-20,22-23,25,27,30,32,43-44,47-51,54-56H,3-15,17,21,24,26,28-29,31,33-42H2,1-2H3/b18-16+,20-19+,23-22+,27-25+,32-30+/t43-,44-,47+,48?,49?,50-/m0/s1. The van der Waals surface area contributed by atoms with Gasteiger partial charge in [0.25, 0.3) is 0 Å². The zero-order valence-corrected chi connectivity index (χ0v) is 37.7. The molecule has 1 rings (SSSR count). The molecule has 1 saturated heterocycles. The second-order valence-electron chi connectivity index (χ2n) is 16.2. The number of esters is 2. The number of ether oxygens (including phenoxy) is 4. The zero-order valence-electron chi connectivity index (χ0n) is 37.7. The van der Waals surface area contributed by atoms with Crippen LogP contribution in [0.15, 0.2) is 60.8 Å². The highest BCUT2D eigenvalue weighted by Gasteiger charge is 2.44. The van der Waals surface area contributed by atoms with E-state index in [0.717, 1.165) is 64.2 Å². The normalized spacial score (nSPS) is 20.4. The monoisotopic (exact) mass is 847 g/mol. The summed E-state index contributed by atoms with van der Waals surface area (Å²) in [5, 5.41) is 40.1. The number of hydrogen-bond donors (Lipinski definition) is 4.